The summed E-state index contributed by atoms with van der Waals surface area (Å²) in [4.78, 5) is 11.8. The van der Waals surface area contributed by atoms with Crippen molar-refractivity contribution in [2.75, 3.05) is 6.61 Å². The molecule has 0 heterocycles. The number of aryl methyl sites for hydroxylation is 1. The first-order chi connectivity index (χ1) is 9.06. The third-order valence-corrected chi connectivity index (χ3v) is 2.89. The Morgan fingerprint density at radius 1 is 1.26 bits per heavy atom. The summed E-state index contributed by atoms with van der Waals surface area (Å²) in [5, 5.41) is 0.451. The highest BCUT2D eigenvalue weighted by atomic mass is 35.5. The molecular weight excluding hydrogens is 267 g/mol. The maximum absolute atomic E-state index is 13.0. The number of hydrogen-bond acceptors (Lipinski definition) is 2. The van der Waals surface area contributed by atoms with Crippen LogP contribution in [0.15, 0.2) is 42.5 Å². The van der Waals surface area contributed by atoms with E-state index in [0.717, 1.165) is 5.56 Å². The fraction of sp³-hybridized carbons (Fsp3) is 0.133. The molecule has 0 atom stereocenters. The minimum Gasteiger partial charge on any atom is -0.484 e. The van der Waals surface area contributed by atoms with Gasteiger partial charge in [0.25, 0.3) is 0 Å². The van der Waals surface area contributed by atoms with Crippen LogP contribution in [0.1, 0.15) is 15.9 Å². The van der Waals surface area contributed by atoms with Crippen LogP contribution in [0.4, 0.5) is 4.39 Å². The van der Waals surface area contributed by atoms with Gasteiger partial charge in [-0.1, -0.05) is 29.8 Å². The lowest BCUT2D eigenvalue weighted by Crippen LogP contribution is -2.12. The number of Topliss-reactive ketones (excluding diaryl/α,β-unsaturated/α-hetero) is 1. The number of halogens is 2. The first-order valence-corrected chi connectivity index (χ1v) is 6.12. The van der Waals surface area contributed by atoms with Crippen LogP contribution >= 0.6 is 11.6 Å². The lowest BCUT2D eigenvalue weighted by atomic mass is 10.1. The van der Waals surface area contributed by atoms with Gasteiger partial charge in [-0.25, -0.2) is 4.39 Å². The van der Waals surface area contributed by atoms with Gasteiger partial charge in [0, 0.05) is 5.56 Å². The van der Waals surface area contributed by atoms with Crippen LogP contribution in [0.5, 0.6) is 5.75 Å². The van der Waals surface area contributed by atoms with E-state index in [0.29, 0.717) is 10.8 Å². The smallest absolute Gasteiger partial charge is 0.200 e. The zero-order valence-electron chi connectivity index (χ0n) is 10.3. The molecule has 0 spiro atoms. The Morgan fingerprint density at radius 3 is 2.74 bits per heavy atom. The molecule has 98 valence electrons. The molecule has 2 nitrogen and oxygen atoms in total. The molecule has 0 fully saturated rings. The van der Waals surface area contributed by atoms with Gasteiger partial charge in [-0.3, -0.25) is 4.79 Å². The second-order valence-electron chi connectivity index (χ2n) is 4.16. The fourth-order valence-electron chi connectivity index (χ4n) is 1.61. The van der Waals surface area contributed by atoms with Crippen LogP contribution in [-0.2, 0) is 0 Å². The van der Waals surface area contributed by atoms with Crippen molar-refractivity contribution in [2.45, 2.75) is 6.92 Å². The summed E-state index contributed by atoms with van der Waals surface area (Å²) in [6, 6.07) is 10.8. The first-order valence-electron chi connectivity index (χ1n) is 5.74. The van der Waals surface area contributed by atoms with Gasteiger partial charge in [0.05, 0.1) is 5.02 Å². The molecule has 0 bridgehead atoms. The average Bonchev–Trinajstić information content (AvgIpc) is 2.37. The molecule has 0 aliphatic rings. The van der Waals surface area contributed by atoms with Crippen LogP contribution in [0.25, 0.3) is 0 Å². The average molecular weight is 279 g/mol. The normalized spacial score (nSPS) is 10.3. The van der Waals surface area contributed by atoms with Crippen LogP contribution in [0.3, 0.4) is 0 Å². The number of carbonyl (C=O) groups is 1. The van der Waals surface area contributed by atoms with Gasteiger partial charge in [-0.2, -0.15) is 0 Å². The number of hydrogen-bond donors (Lipinski definition) is 0. The second-order valence-corrected chi connectivity index (χ2v) is 4.56. The standard InChI is InChI=1S/C15H12ClFO2/c1-10-5-6-15(13(16)7-10)19-9-14(18)11-3-2-4-12(17)8-11/h2-8H,9H2,1H3. The van der Waals surface area contributed by atoms with Gasteiger partial charge in [-0.15, -0.1) is 0 Å². The van der Waals surface area contributed by atoms with Crippen LogP contribution in [-0.4, -0.2) is 12.4 Å². The number of ketones is 1. The molecule has 4 heteroatoms. The minimum atomic E-state index is -0.445. The Bertz CT molecular complexity index is 611. The van der Waals surface area contributed by atoms with Gasteiger partial charge < -0.3 is 4.74 Å². The highest BCUT2D eigenvalue weighted by Crippen LogP contribution is 2.25. The monoisotopic (exact) mass is 278 g/mol. The number of benzene rings is 2. The van der Waals surface area contributed by atoms with Crippen molar-refractivity contribution < 1.29 is 13.9 Å². The maximum atomic E-state index is 13.0. The van der Waals surface area contributed by atoms with Gasteiger partial charge in [0.2, 0.25) is 0 Å². The molecule has 0 amide bonds. The van der Waals surface area contributed by atoms with Gasteiger partial charge in [0.1, 0.15) is 11.6 Å². The van der Waals surface area contributed by atoms with E-state index in [1.165, 1.54) is 18.2 Å². The zero-order valence-corrected chi connectivity index (χ0v) is 11.1. The summed E-state index contributed by atoms with van der Waals surface area (Å²) in [7, 11) is 0. The Morgan fingerprint density at radius 2 is 2.05 bits per heavy atom. The summed E-state index contributed by atoms with van der Waals surface area (Å²) < 4.78 is 18.3. The van der Waals surface area contributed by atoms with Crippen LogP contribution in [0, 0.1) is 12.7 Å². The topological polar surface area (TPSA) is 26.3 Å². The molecule has 2 aromatic rings. The highest BCUT2D eigenvalue weighted by Gasteiger charge is 2.09. The van der Waals surface area contributed by atoms with E-state index in [-0.39, 0.29) is 18.0 Å². The van der Waals surface area contributed by atoms with E-state index in [2.05, 4.69) is 0 Å². The Balaban J connectivity index is 2.04. The summed E-state index contributed by atoms with van der Waals surface area (Å²) >= 11 is 5.99. The third-order valence-electron chi connectivity index (χ3n) is 2.59. The maximum Gasteiger partial charge on any atom is 0.200 e. The summed E-state index contributed by atoms with van der Waals surface area (Å²) in [5.41, 5.74) is 1.29. The molecule has 19 heavy (non-hydrogen) atoms. The SMILES string of the molecule is Cc1ccc(OCC(=O)c2cccc(F)c2)c(Cl)c1. The van der Waals surface area contributed by atoms with E-state index in [1.807, 2.05) is 13.0 Å². The first kappa shape index (κ1) is 13.6. The molecule has 0 aliphatic carbocycles. The summed E-state index contributed by atoms with van der Waals surface area (Å²) in [6.07, 6.45) is 0. The van der Waals surface area contributed by atoms with Crippen molar-refractivity contribution in [1.29, 1.82) is 0 Å². The molecule has 0 aromatic heterocycles. The molecule has 0 aliphatic heterocycles. The minimum absolute atomic E-state index is 0.174. The van der Waals surface area contributed by atoms with E-state index in [1.54, 1.807) is 18.2 Å². The molecule has 0 N–H and O–H groups in total. The highest BCUT2D eigenvalue weighted by molar-refractivity contribution is 6.32. The van der Waals surface area contributed by atoms with Gasteiger partial charge >= 0.3 is 0 Å². The molecule has 2 rings (SSSR count). The van der Waals surface area contributed by atoms with Crippen LogP contribution < -0.4 is 4.74 Å². The van der Waals surface area contributed by atoms with Crippen molar-refractivity contribution in [1.82, 2.24) is 0 Å². The summed E-state index contributed by atoms with van der Waals surface area (Å²) in [6.45, 7) is 1.74. The van der Waals surface area contributed by atoms with Crippen molar-refractivity contribution in [2.24, 2.45) is 0 Å². The van der Waals surface area contributed by atoms with Crippen LogP contribution in [0.2, 0.25) is 5.02 Å². The van der Waals surface area contributed by atoms with Crippen molar-refractivity contribution in [3.8, 4) is 5.75 Å². The molecular formula is C15H12ClFO2. The number of carbonyl (C=O) groups excluding carboxylic acids is 1. The van der Waals surface area contributed by atoms with E-state index >= 15 is 0 Å². The lowest BCUT2D eigenvalue weighted by molar-refractivity contribution is 0.0921. The van der Waals surface area contributed by atoms with Gasteiger partial charge in [0.15, 0.2) is 12.4 Å². The lowest BCUT2D eigenvalue weighted by Gasteiger charge is -2.08. The van der Waals surface area contributed by atoms with E-state index < -0.39 is 5.82 Å². The van der Waals surface area contributed by atoms with Gasteiger partial charge in [-0.05, 0) is 36.8 Å². The summed E-state index contributed by atoms with van der Waals surface area (Å²) in [5.74, 6) is -0.299. The molecule has 0 saturated heterocycles. The predicted octanol–water partition coefficient (Wildman–Crippen LogP) is 4.05. The third kappa shape index (κ3) is 3.55. The number of ether oxygens (including phenoxy) is 1. The largest absolute Gasteiger partial charge is 0.484 e. The van der Waals surface area contributed by atoms with Crippen molar-refractivity contribution in [3.05, 3.63) is 64.4 Å². The quantitative estimate of drug-likeness (QED) is 0.789. The zero-order chi connectivity index (χ0) is 13.8. The van der Waals surface area contributed by atoms with Crippen molar-refractivity contribution in [3.63, 3.8) is 0 Å². The fourth-order valence-corrected chi connectivity index (χ4v) is 1.90. The molecule has 0 unspecified atom stereocenters. The second kappa shape index (κ2) is 5.85. The molecule has 2 aromatic carbocycles. The van der Waals surface area contributed by atoms with E-state index in [4.69, 9.17) is 16.3 Å². The number of rotatable bonds is 4. The molecule has 0 saturated carbocycles. The van der Waals surface area contributed by atoms with Crippen molar-refractivity contribution >= 4 is 17.4 Å². The Kier molecular flexibility index (Phi) is 4.17. The van der Waals surface area contributed by atoms with E-state index in [9.17, 15) is 9.18 Å². The predicted molar refractivity (Wildman–Crippen MR) is 72.4 cm³/mol. The molecule has 0 radical (unpaired) electrons. The Labute approximate surface area is 115 Å². The Hall–Kier alpha value is -1.87.